The van der Waals surface area contributed by atoms with Crippen LogP contribution in [0, 0.1) is 23.3 Å². The zero-order chi connectivity index (χ0) is 30.5. The SMILES string of the molecule is CCC(C)C.CCCCC(c1ccc(C(F)(F)F)c(C(=O)O)c1)N(C(=O)c1ccc(F)cc1)C(=BOC#N)NC. The Balaban J connectivity index is 0.00000146. The molecule has 2 N–H and O–H groups in total. The molecule has 0 bridgehead atoms. The van der Waals surface area contributed by atoms with Gasteiger partial charge in [0.2, 0.25) is 0 Å². The second-order valence-corrected chi connectivity index (χ2v) is 9.21. The molecule has 2 rings (SSSR count). The van der Waals surface area contributed by atoms with Crippen LogP contribution in [-0.2, 0) is 10.8 Å². The number of rotatable bonds is 11. The van der Waals surface area contributed by atoms with Crippen molar-refractivity contribution < 1.29 is 36.9 Å². The zero-order valence-electron chi connectivity index (χ0n) is 23.2. The number of unbranched alkanes of at least 4 members (excludes halogenated alkanes) is 1. The normalized spacial score (nSPS) is 11.9. The molecule has 0 heterocycles. The molecule has 40 heavy (non-hydrogen) atoms. The van der Waals surface area contributed by atoms with Crippen molar-refractivity contribution in [1.29, 1.82) is 5.26 Å². The number of carbonyl (C=O) groups is 2. The maximum atomic E-state index is 13.5. The van der Waals surface area contributed by atoms with E-state index in [4.69, 9.17) is 5.26 Å². The number of amides is 1. The molecule has 7 nitrogen and oxygen atoms in total. The summed E-state index contributed by atoms with van der Waals surface area (Å²) in [6.07, 6.45) is -0.733. The molecule has 0 saturated carbocycles. The molecule has 0 aromatic heterocycles. The molecule has 1 amide bonds. The second kappa shape index (κ2) is 16.3. The van der Waals surface area contributed by atoms with E-state index in [2.05, 4.69) is 30.7 Å². The Morgan fingerprint density at radius 3 is 2.20 bits per heavy atom. The van der Waals surface area contributed by atoms with Gasteiger partial charge in [-0.1, -0.05) is 27.2 Å². The van der Waals surface area contributed by atoms with Crippen molar-refractivity contribution in [2.24, 2.45) is 5.92 Å². The van der Waals surface area contributed by atoms with E-state index >= 15 is 0 Å². The molecule has 1 atom stereocenters. The summed E-state index contributed by atoms with van der Waals surface area (Å²) in [5.41, 5.74) is -2.13. The van der Waals surface area contributed by atoms with Crippen molar-refractivity contribution in [1.82, 2.24) is 10.2 Å². The van der Waals surface area contributed by atoms with Crippen LogP contribution >= 0.6 is 0 Å². The van der Waals surface area contributed by atoms with Gasteiger partial charge in [-0.15, -0.1) is 0 Å². The number of nitrogens with zero attached hydrogens (tertiary/aromatic N) is 2. The Hall–Kier alpha value is -3.88. The first-order valence-electron chi connectivity index (χ1n) is 12.8. The van der Waals surface area contributed by atoms with Gasteiger partial charge in [0.1, 0.15) is 0 Å². The van der Waals surface area contributed by atoms with E-state index in [9.17, 15) is 32.3 Å². The van der Waals surface area contributed by atoms with Crippen LogP contribution in [0.3, 0.4) is 0 Å². The fourth-order valence-electron chi connectivity index (χ4n) is 3.50. The molecule has 12 heteroatoms. The fourth-order valence-corrected chi connectivity index (χ4v) is 3.50. The summed E-state index contributed by atoms with van der Waals surface area (Å²) in [7, 11) is 2.38. The van der Waals surface area contributed by atoms with Crippen molar-refractivity contribution in [3.8, 4) is 6.26 Å². The standard InChI is InChI=1S/C23H22BF4N3O4.C5H12/c1-3-4-5-19(15-8-11-18(23(26,27)28)17(12-15)21(33)34)31(22(30-2)24-35-13-29)20(32)14-6-9-16(25)10-7-14;1-4-5(2)3/h6-12,19,30H,3-5H2,1-2H3,(H,33,34);5H,4H2,1-3H3. The monoisotopic (exact) mass is 563 g/mol. The molecule has 0 radical (unpaired) electrons. The second-order valence-electron chi connectivity index (χ2n) is 9.21. The number of alkyl halides is 3. The Kier molecular flexibility index (Phi) is 13.9. The Labute approximate surface area is 232 Å². The Morgan fingerprint density at radius 1 is 1.15 bits per heavy atom. The van der Waals surface area contributed by atoms with Crippen LogP contribution in [0.5, 0.6) is 0 Å². The number of carbonyl (C=O) groups excluding carboxylic acids is 1. The summed E-state index contributed by atoms with van der Waals surface area (Å²) in [5.74, 6) is -2.15. The van der Waals surface area contributed by atoms with Gasteiger partial charge in [-0.2, -0.15) is 0 Å². The first-order chi connectivity index (χ1) is 18.8. The third-order valence-corrected chi connectivity index (χ3v) is 5.97. The number of halogens is 4. The summed E-state index contributed by atoms with van der Waals surface area (Å²) in [6, 6.07) is 6.31. The number of nitrogens with one attached hydrogen (secondary N) is 1. The summed E-state index contributed by atoms with van der Waals surface area (Å²) < 4.78 is 58.3. The third kappa shape index (κ3) is 10.0. The molecular weight excluding hydrogens is 529 g/mol. The fraction of sp³-hybridized carbons (Fsp3) is 0.429. The van der Waals surface area contributed by atoms with E-state index in [-0.39, 0.29) is 23.3 Å². The molecule has 216 valence electrons. The van der Waals surface area contributed by atoms with Crippen LogP contribution in [0.25, 0.3) is 0 Å². The zero-order valence-corrected chi connectivity index (χ0v) is 23.2. The average molecular weight is 563 g/mol. The molecule has 0 spiro atoms. The molecule has 2 aromatic carbocycles. The topological polar surface area (TPSA) is 103 Å². The van der Waals surface area contributed by atoms with Crippen LogP contribution in [0.1, 0.15) is 91.3 Å². The van der Waals surface area contributed by atoms with Crippen molar-refractivity contribution in [3.05, 3.63) is 70.5 Å². The van der Waals surface area contributed by atoms with Crippen LogP contribution < -0.4 is 5.32 Å². The minimum atomic E-state index is -4.90. The first kappa shape index (κ1) is 34.2. The van der Waals surface area contributed by atoms with Gasteiger partial charge >= 0.3 is 199 Å². The van der Waals surface area contributed by atoms with Crippen LogP contribution in [-0.4, -0.2) is 41.8 Å². The van der Waals surface area contributed by atoms with Crippen molar-refractivity contribution in [3.63, 3.8) is 0 Å². The van der Waals surface area contributed by atoms with Crippen molar-refractivity contribution in [2.45, 2.75) is 65.6 Å². The molecular formula is C28H34BF4N3O4. The van der Waals surface area contributed by atoms with Crippen LogP contribution in [0.2, 0.25) is 0 Å². The maximum absolute atomic E-state index is 13.5. The molecule has 0 fully saturated rings. The van der Waals surface area contributed by atoms with E-state index < -0.39 is 41.0 Å². The number of hydrogen-bond acceptors (Lipinski definition) is 5. The van der Waals surface area contributed by atoms with E-state index in [1.54, 1.807) is 0 Å². The summed E-state index contributed by atoms with van der Waals surface area (Å²) >= 11 is 0. The molecule has 0 aliphatic carbocycles. The number of carboxylic acid groups (broad SMARTS) is 1. The number of benzene rings is 2. The van der Waals surface area contributed by atoms with Gasteiger partial charge in [0.05, 0.1) is 0 Å². The minimum absolute atomic E-state index is 0.0150. The summed E-state index contributed by atoms with van der Waals surface area (Å²) in [4.78, 5) is 26.3. The Bertz CT molecular complexity index is 1200. The number of nitriles is 1. The summed E-state index contributed by atoms with van der Waals surface area (Å²) in [6.45, 7) is 8.51. The van der Waals surface area contributed by atoms with Gasteiger partial charge in [0, 0.05) is 0 Å². The predicted octanol–water partition coefficient (Wildman–Crippen LogP) is 6.39. The predicted molar refractivity (Wildman–Crippen MR) is 145 cm³/mol. The molecule has 1 unspecified atom stereocenters. The van der Waals surface area contributed by atoms with Gasteiger partial charge in [-0.05, 0) is 5.92 Å². The van der Waals surface area contributed by atoms with E-state index in [0.29, 0.717) is 18.9 Å². The number of carboxylic acids is 1. The first-order valence-corrected chi connectivity index (χ1v) is 12.8. The van der Waals surface area contributed by atoms with Crippen molar-refractivity contribution >= 4 is 24.7 Å². The number of hydrogen-bond donors (Lipinski definition) is 2. The van der Waals surface area contributed by atoms with Crippen LogP contribution in [0.4, 0.5) is 17.6 Å². The average Bonchev–Trinajstić information content (AvgIpc) is 2.91. The molecule has 0 aliphatic heterocycles. The molecule has 0 aliphatic rings. The van der Waals surface area contributed by atoms with Crippen LogP contribution in [0.15, 0.2) is 42.5 Å². The van der Waals surface area contributed by atoms with E-state index in [1.165, 1.54) is 31.9 Å². The van der Waals surface area contributed by atoms with Gasteiger partial charge in [-0.25, -0.2) is 0 Å². The van der Waals surface area contributed by atoms with Gasteiger partial charge in [0.25, 0.3) is 0 Å². The quantitative estimate of drug-likeness (QED) is 0.187. The Morgan fingerprint density at radius 2 is 1.75 bits per heavy atom. The van der Waals surface area contributed by atoms with Gasteiger partial charge in [0.15, 0.2) is 0 Å². The molecule has 0 saturated heterocycles. The summed E-state index contributed by atoms with van der Waals surface area (Å²) in [5, 5.41) is 21.0. The van der Waals surface area contributed by atoms with Crippen molar-refractivity contribution in [2.75, 3.05) is 7.05 Å². The van der Waals surface area contributed by atoms with E-state index in [1.807, 2.05) is 6.92 Å². The van der Waals surface area contributed by atoms with Gasteiger partial charge in [-0.3, -0.25) is 0 Å². The van der Waals surface area contributed by atoms with E-state index in [0.717, 1.165) is 42.2 Å². The molecule has 2 aromatic rings. The number of aromatic carboxylic acids is 1. The van der Waals surface area contributed by atoms with Gasteiger partial charge < -0.3 is 0 Å². The third-order valence-electron chi connectivity index (χ3n) is 5.97.